The number of fused-ring (bicyclic) bond motifs is 3. The van der Waals surface area contributed by atoms with Gasteiger partial charge in [-0.05, 0) is 55.0 Å². The SMILES string of the molecule is O=C(N[C@@H]1CC[C@@H](CO)OC1)[C@@H]1NC2(CC(CF)(CF)C2)[C@@]2(C(=O)Nc3cc(Cl)ccc32)[C@H]1c1cccc(Cl)c1F. The molecule has 12 heteroatoms. The van der Waals surface area contributed by atoms with E-state index in [1.807, 2.05) is 0 Å². The van der Waals surface area contributed by atoms with Gasteiger partial charge in [0.05, 0.1) is 49.8 Å². The molecule has 0 radical (unpaired) electrons. The molecule has 5 atom stereocenters. The second kappa shape index (κ2) is 10.4. The number of amides is 2. The molecular formula is C29H30Cl2F3N3O4. The minimum absolute atomic E-state index is 0.0400. The van der Waals surface area contributed by atoms with Gasteiger partial charge in [0.15, 0.2) is 0 Å². The molecule has 3 aliphatic heterocycles. The van der Waals surface area contributed by atoms with E-state index >= 15 is 4.39 Å². The lowest BCUT2D eigenvalue weighted by Gasteiger charge is -2.59. The topological polar surface area (TPSA) is 99.7 Å². The van der Waals surface area contributed by atoms with Gasteiger partial charge in [-0.25, -0.2) is 4.39 Å². The summed E-state index contributed by atoms with van der Waals surface area (Å²) in [5, 5.41) is 18.7. The second-order valence-electron chi connectivity index (χ2n) is 11.8. The van der Waals surface area contributed by atoms with Crippen molar-refractivity contribution in [2.45, 2.75) is 60.7 Å². The first-order valence-corrected chi connectivity index (χ1v) is 14.4. The summed E-state index contributed by atoms with van der Waals surface area (Å²) in [6, 6.07) is 7.69. The van der Waals surface area contributed by atoms with Crippen LogP contribution in [0.4, 0.5) is 18.9 Å². The van der Waals surface area contributed by atoms with E-state index in [1.54, 1.807) is 24.3 Å². The number of ether oxygens (including phenoxy) is 1. The highest BCUT2D eigenvalue weighted by Gasteiger charge is 2.78. The number of aliphatic hydroxyl groups excluding tert-OH is 1. The summed E-state index contributed by atoms with van der Waals surface area (Å²) in [7, 11) is 0. The summed E-state index contributed by atoms with van der Waals surface area (Å²) < 4.78 is 50.0. The lowest BCUT2D eigenvalue weighted by atomic mass is 9.46. The largest absolute Gasteiger partial charge is 0.394 e. The van der Waals surface area contributed by atoms with Crippen LogP contribution in [0.1, 0.15) is 42.7 Å². The Morgan fingerprint density at radius 1 is 1.15 bits per heavy atom. The standard InChI is InChI=1S/C29H30Cl2F3N3O4/c30-15-4-7-19-21(8-15)36-26(40)29(19)22(18-2-1-3-20(31)23(18)34)24(37-28(29)11-27(12-28,13-32)14-33)25(39)35-16-5-6-17(9-38)41-10-16/h1-4,7-8,16-17,22,24,37-38H,5-6,9-14H2,(H,35,39)(H,36,40)/t16-,17+,22+,24-,29-/m1/s1. The zero-order valence-corrected chi connectivity index (χ0v) is 23.5. The number of carbonyl (C=O) groups excluding carboxylic acids is 2. The smallest absolute Gasteiger partial charge is 0.238 e. The number of anilines is 1. The zero-order valence-electron chi connectivity index (χ0n) is 22.0. The Bertz CT molecular complexity index is 1380. The third-order valence-corrected chi connectivity index (χ3v) is 9.97. The third kappa shape index (κ3) is 4.20. The maximum Gasteiger partial charge on any atom is 0.238 e. The molecule has 3 heterocycles. The van der Waals surface area contributed by atoms with Crippen molar-refractivity contribution in [3.63, 3.8) is 0 Å². The van der Waals surface area contributed by atoms with Crippen molar-refractivity contribution in [2.24, 2.45) is 5.41 Å². The molecule has 4 aliphatic rings. The lowest BCUT2D eigenvalue weighted by Crippen LogP contribution is -2.70. The lowest BCUT2D eigenvalue weighted by molar-refractivity contribution is -0.131. The Morgan fingerprint density at radius 3 is 2.56 bits per heavy atom. The second-order valence-corrected chi connectivity index (χ2v) is 12.7. The van der Waals surface area contributed by atoms with Crippen molar-refractivity contribution in [3.05, 3.63) is 63.4 Å². The number of hydrogen-bond acceptors (Lipinski definition) is 5. The molecule has 2 aromatic rings. The Hall–Kier alpha value is -2.37. The number of halogens is 5. The average molecular weight is 612 g/mol. The van der Waals surface area contributed by atoms with Crippen LogP contribution < -0.4 is 16.0 Å². The van der Waals surface area contributed by atoms with Crippen LogP contribution in [0.2, 0.25) is 10.0 Å². The average Bonchev–Trinajstić information content (AvgIpc) is 3.41. The normalized spacial score (nSPS) is 31.1. The van der Waals surface area contributed by atoms with Crippen LogP contribution in [0, 0.1) is 11.2 Å². The van der Waals surface area contributed by atoms with Crippen LogP contribution in [0.25, 0.3) is 0 Å². The predicted octanol–water partition coefficient (Wildman–Crippen LogP) is 4.19. The number of alkyl halides is 2. The van der Waals surface area contributed by atoms with Gasteiger partial charge >= 0.3 is 0 Å². The monoisotopic (exact) mass is 611 g/mol. The fourth-order valence-corrected chi connectivity index (χ4v) is 8.07. The van der Waals surface area contributed by atoms with Crippen LogP contribution in [0.5, 0.6) is 0 Å². The summed E-state index contributed by atoms with van der Waals surface area (Å²) in [5.74, 6) is -2.93. The van der Waals surface area contributed by atoms with Crippen molar-refractivity contribution in [1.29, 1.82) is 0 Å². The van der Waals surface area contributed by atoms with E-state index in [0.717, 1.165) is 0 Å². The molecule has 7 nitrogen and oxygen atoms in total. The molecular weight excluding hydrogens is 582 g/mol. The number of benzene rings is 2. The molecule has 1 saturated carbocycles. The molecule has 0 aromatic heterocycles. The molecule has 0 bridgehead atoms. The van der Waals surface area contributed by atoms with Gasteiger partial charge in [-0.15, -0.1) is 0 Å². The molecule has 3 fully saturated rings. The number of carbonyl (C=O) groups is 2. The summed E-state index contributed by atoms with van der Waals surface area (Å²) in [4.78, 5) is 28.3. The van der Waals surface area contributed by atoms with Gasteiger partial charge in [-0.1, -0.05) is 41.4 Å². The highest BCUT2D eigenvalue weighted by Crippen LogP contribution is 2.68. The number of nitrogens with one attached hydrogen (secondary N) is 3. The number of hydrogen-bond donors (Lipinski definition) is 4. The highest BCUT2D eigenvalue weighted by molar-refractivity contribution is 6.31. The van der Waals surface area contributed by atoms with Crippen molar-refractivity contribution in [1.82, 2.24) is 10.6 Å². The summed E-state index contributed by atoms with van der Waals surface area (Å²) in [6.07, 6.45) is 0.588. The fourth-order valence-electron chi connectivity index (χ4n) is 7.71. The molecule has 2 spiro atoms. The van der Waals surface area contributed by atoms with Crippen molar-refractivity contribution < 1.29 is 32.6 Å². The van der Waals surface area contributed by atoms with Crippen LogP contribution in [0.3, 0.4) is 0 Å². The van der Waals surface area contributed by atoms with Gasteiger partial charge in [-0.2, -0.15) is 0 Å². The van der Waals surface area contributed by atoms with Crippen LogP contribution >= 0.6 is 23.2 Å². The molecule has 0 unspecified atom stereocenters. The van der Waals surface area contributed by atoms with E-state index in [1.165, 1.54) is 12.1 Å². The fraction of sp³-hybridized carbons (Fsp3) is 0.517. The van der Waals surface area contributed by atoms with Crippen LogP contribution in [-0.2, 0) is 19.7 Å². The van der Waals surface area contributed by atoms with Gasteiger partial charge in [0.1, 0.15) is 11.2 Å². The molecule has 6 rings (SSSR count). The molecule has 2 amide bonds. The van der Waals surface area contributed by atoms with E-state index in [4.69, 9.17) is 27.9 Å². The molecule has 4 N–H and O–H groups in total. The predicted molar refractivity (Wildman–Crippen MR) is 147 cm³/mol. The number of rotatable bonds is 6. The van der Waals surface area contributed by atoms with Gasteiger partial charge < -0.3 is 20.5 Å². The quantitative estimate of drug-likeness (QED) is 0.392. The van der Waals surface area contributed by atoms with E-state index in [-0.39, 0.29) is 48.8 Å². The third-order valence-electron chi connectivity index (χ3n) is 9.44. The van der Waals surface area contributed by atoms with Gasteiger partial charge in [-0.3, -0.25) is 23.7 Å². The maximum atomic E-state index is 15.9. The molecule has 220 valence electrons. The molecule has 1 aliphatic carbocycles. The van der Waals surface area contributed by atoms with Crippen molar-refractivity contribution in [2.75, 3.05) is 31.9 Å². The van der Waals surface area contributed by atoms with Crippen LogP contribution in [0.15, 0.2) is 36.4 Å². The minimum Gasteiger partial charge on any atom is -0.394 e. The van der Waals surface area contributed by atoms with Gasteiger partial charge in [0.25, 0.3) is 0 Å². The first-order chi connectivity index (χ1) is 19.6. The van der Waals surface area contributed by atoms with Crippen LogP contribution in [-0.4, -0.2) is 67.2 Å². The minimum atomic E-state index is -1.61. The maximum absolute atomic E-state index is 15.9. The Balaban J connectivity index is 1.50. The Labute approximate surface area is 245 Å². The van der Waals surface area contributed by atoms with Crippen molar-refractivity contribution >= 4 is 40.7 Å². The van der Waals surface area contributed by atoms with E-state index in [0.29, 0.717) is 29.1 Å². The first kappa shape index (κ1) is 28.7. The molecule has 2 aromatic carbocycles. The van der Waals surface area contributed by atoms with Crippen molar-refractivity contribution in [3.8, 4) is 0 Å². The summed E-state index contributed by atoms with van der Waals surface area (Å²) in [5.41, 5.74) is -3.32. The summed E-state index contributed by atoms with van der Waals surface area (Å²) in [6.45, 7) is -1.85. The van der Waals surface area contributed by atoms with Gasteiger partial charge in [0, 0.05) is 27.6 Å². The number of aliphatic hydroxyl groups is 1. The van der Waals surface area contributed by atoms with Gasteiger partial charge in [0.2, 0.25) is 11.8 Å². The summed E-state index contributed by atoms with van der Waals surface area (Å²) >= 11 is 12.5. The Morgan fingerprint density at radius 2 is 1.90 bits per heavy atom. The van der Waals surface area contributed by atoms with E-state index < -0.39 is 59.3 Å². The van der Waals surface area contributed by atoms with E-state index in [9.17, 15) is 23.5 Å². The highest BCUT2D eigenvalue weighted by atomic mass is 35.5. The Kier molecular flexibility index (Phi) is 7.30. The molecule has 41 heavy (non-hydrogen) atoms. The molecule has 2 saturated heterocycles. The zero-order chi connectivity index (χ0) is 29.2. The van der Waals surface area contributed by atoms with E-state index in [2.05, 4.69) is 16.0 Å². The first-order valence-electron chi connectivity index (χ1n) is 13.6.